The van der Waals surface area contributed by atoms with Gasteiger partial charge < -0.3 is 10.4 Å². The Balaban J connectivity index is 0. The van der Waals surface area contributed by atoms with Gasteiger partial charge in [0.1, 0.15) is 0 Å². The zero-order valence-corrected chi connectivity index (χ0v) is 8.16. The van der Waals surface area contributed by atoms with Crippen molar-refractivity contribution in [2.45, 2.75) is 6.92 Å². The number of benzene rings is 1. The summed E-state index contributed by atoms with van der Waals surface area (Å²) in [5.74, 6) is -0.875. The predicted molar refractivity (Wildman–Crippen MR) is 60.3 cm³/mol. The van der Waals surface area contributed by atoms with Crippen LogP contribution in [0, 0.1) is 6.92 Å². The summed E-state index contributed by atoms with van der Waals surface area (Å²) in [7, 11) is 3.75. The van der Waals surface area contributed by atoms with Crippen LogP contribution in [0.2, 0.25) is 0 Å². The number of aromatic carboxylic acids is 1. The number of aryl methyl sites for hydroxylation is 1. The van der Waals surface area contributed by atoms with E-state index in [9.17, 15) is 4.79 Å². The average Bonchev–Trinajstić information content (AvgIpc) is 2.06. The van der Waals surface area contributed by atoms with Crippen molar-refractivity contribution in [3.8, 4) is 0 Å². The molecule has 0 radical (unpaired) electrons. The SMILES string of the molecule is CNC.Cc1ccc(C(=O)O)cc1.[LiH]. The molecule has 0 amide bonds. The molecule has 1 rings (SSSR count). The Kier molecular flexibility index (Phi) is 9.91. The zero-order chi connectivity index (χ0) is 10.3. The summed E-state index contributed by atoms with van der Waals surface area (Å²) >= 11 is 0. The van der Waals surface area contributed by atoms with Crippen molar-refractivity contribution >= 4 is 24.8 Å². The minimum atomic E-state index is -0.875. The second kappa shape index (κ2) is 8.83. The molecule has 0 aliphatic heterocycles. The molecule has 0 heterocycles. The van der Waals surface area contributed by atoms with Crippen molar-refractivity contribution in [1.82, 2.24) is 5.32 Å². The zero-order valence-electron chi connectivity index (χ0n) is 8.16. The molecule has 1 aromatic rings. The third kappa shape index (κ3) is 6.73. The van der Waals surface area contributed by atoms with E-state index in [-0.39, 0.29) is 18.9 Å². The second-order valence-corrected chi connectivity index (χ2v) is 2.67. The number of carbonyl (C=O) groups is 1. The first-order chi connectivity index (χ1) is 6.11. The normalized spacial score (nSPS) is 7.93. The summed E-state index contributed by atoms with van der Waals surface area (Å²) in [5, 5.41) is 11.2. The van der Waals surface area contributed by atoms with Gasteiger partial charge in [0.2, 0.25) is 0 Å². The van der Waals surface area contributed by atoms with Gasteiger partial charge in [0.25, 0.3) is 0 Å². The minimum absolute atomic E-state index is 0. The van der Waals surface area contributed by atoms with Gasteiger partial charge in [-0.15, -0.1) is 0 Å². The molecular weight excluding hydrogens is 173 g/mol. The Morgan fingerprint density at radius 2 is 1.57 bits per heavy atom. The van der Waals surface area contributed by atoms with E-state index in [1.165, 1.54) is 0 Å². The van der Waals surface area contributed by atoms with Crippen LogP contribution in [0.4, 0.5) is 0 Å². The summed E-state index contributed by atoms with van der Waals surface area (Å²) in [6.07, 6.45) is 0. The average molecular weight is 189 g/mol. The van der Waals surface area contributed by atoms with Crippen LogP contribution in [-0.2, 0) is 0 Å². The van der Waals surface area contributed by atoms with Crippen LogP contribution in [-0.4, -0.2) is 44.0 Å². The predicted octanol–water partition coefficient (Wildman–Crippen LogP) is 0.880. The van der Waals surface area contributed by atoms with E-state index in [1.54, 1.807) is 24.3 Å². The van der Waals surface area contributed by atoms with E-state index in [1.807, 2.05) is 21.0 Å². The third-order valence-electron chi connectivity index (χ3n) is 1.30. The van der Waals surface area contributed by atoms with E-state index in [0.717, 1.165) is 5.56 Å². The van der Waals surface area contributed by atoms with Crippen LogP contribution in [0.5, 0.6) is 0 Å². The molecule has 0 saturated carbocycles. The van der Waals surface area contributed by atoms with Crippen molar-refractivity contribution in [2.24, 2.45) is 0 Å². The summed E-state index contributed by atoms with van der Waals surface area (Å²) in [5.41, 5.74) is 1.41. The van der Waals surface area contributed by atoms with Crippen LogP contribution < -0.4 is 5.32 Å². The topological polar surface area (TPSA) is 49.3 Å². The summed E-state index contributed by atoms with van der Waals surface area (Å²) < 4.78 is 0. The molecular formula is C10H16LiNO2. The van der Waals surface area contributed by atoms with E-state index >= 15 is 0 Å². The van der Waals surface area contributed by atoms with Crippen molar-refractivity contribution in [3.63, 3.8) is 0 Å². The van der Waals surface area contributed by atoms with E-state index in [4.69, 9.17) is 5.11 Å². The van der Waals surface area contributed by atoms with Gasteiger partial charge >= 0.3 is 24.8 Å². The van der Waals surface area contributed by atoms with Crippen LogP contribution in [0.25, 0.3) is 0 Å². The first-order valence-corrected chi connectivity index (χ1v) is 4.00. The number of hydrogen-bond donors (Lipinski definition) is 2. The number of hydrogen-bond acceptors (Lipinski definition) is 2. The van der Waals surface area contributed by atoms with Gasteiger partial charge in [-0.2, -0.15) is 0 Å². The van der Waals surface area contributed by atoms with Gasteiger partial charge in [-0.25, -0.2) is 4.79 Å². The first-order valence-electron chi connectivity index (χ1n) is 4.00. The van der Waals surface area contributed by atoms with Gasteiger partial charge in [-0.1, -0.05) is 17.7 Å². The molecule has 0 unspecified atom stereocenters. The summed E-state index contributed by atoms with van der Waals surface area (Å²) in [6, 6.07) is 6.75. The molecule has 0 aliphatic carbocycles. The van der Waals surface area contributed by atoms with Crippen LogP contribution >= 0.6 is 0 Å². The Hall–Kier alpha value is -0.753. The molecule has 14 heavy (non-hydrogen) atoms. The van der Waals surface area contributed by atoms with Crippen molar-refractivity contribution in [1.29, 1.82) is 0 Å². The molecule has 2 N–H and O–H groups in total. The molecule has 0 aromatic heterocycles. The van der Waals surface area contributed by atoms with Gasteiger partial charge in [0, 0.05) is 0 Å². The maximum atomic E-state index is 10.3. The van der Waals surface area contributed by atoms with Gasteiger partial charge in [0.05, 0.1) is 5.56 Å². The number of carboxylic acid groups (broad SMARTS) is 1. The van der Waals surface area contributed by atoms with Gasteiger partial charge in [-0.3, -0.25) is 0 Å². The van der Waals surface area contributed by atoms with Gasteiger partial charge in [-0.05, 0) is 33.2 Å². The van der Waals surface area contributed by atoms with Crippen LogP contribution in [0.15, 0.2) is 24.3 Å². The van der Waals surface area contributed by atoms with E-state index in [0.29, 0.717) is 5.56 Å². The molecule has 0 fully saturated rings. The number of carboxylic acids is 1. The monoisotopic (exact) mass is 189 g/mol. The molecule has 1 aromatic carbocycles. The second-order valence-electron chi connectivity index (χ2n) is 2.67. The fourth-order valence-corrected chi connectivity index (χ4v) is 0.696. The maximum absolute atomic E-state index is 10.3. The molecule has 4 heteroatoms. The fraction of sp³-hybridized carbons (Fsp3) is 0.300. The van der Waals surface area contributed by atoms with Crippen molar-refractivity contribution < 1.29 is 9.90 Å². The first kappa shape index (κ1) is 15.7. The molecule has 0 aliphatic rings. The van der Waals surface area contributed by atoms with Gasteiger partial charge in [0.15, 0.2) is 0 Å². The molecule has 0 bridgehead atoms. The third-order valence-corrected chi connectivity index (χ3v) is 1.30. The van der Waals surface area contributed by atoms with E-state index < -0.39 is 5.97 Å². The quantitative estimate of drug-likeness (QED) is 0.645. The summed E-state index contributed by atoms with van der Waals surface area (Å²) in [6.45, 7) is 1.92. The fourth-order valence-electron chi connectivity index (χ4n) is 0.696. The standard InChI is InChI=1S/C8H8O2.C2H7N.Li.H/c1-6-2-4-7(5-3-6)8(9)10;1-3-2;;/h2-5H,1H3,(H,9,10);3H,1-2H3;;. The Morgan fingerprint density at radius 1 is 1.21 bits per heavy atom. The van der Waals surface area contributed by atoms with Crippen molar-refractivity contribution in [2.75, 3.05) is 14.1 Å². The van der Waals surface area contributed by atoms with Crippen LogP contribution in [0.3, 0.4) is 0 Å². The molecule has 74 valence electrons. The molecule has 0 atom stereocenters. The molecule has 0 spiro atoms. The molecule has 3 nitrogen and oxygen atoms in total. The number of nitrogens with one attached hydrogen (secondary N) is 1. The van der Waals surface area contributed by atoms with Crippen LogP contribution in [0.1, 0.15) is 15.9 Å². The number of rotatable bonds is 1. The van der Waals surface area contributed by atoms with E-state index in [2.05, 4.69) is 5.32 Å². The summed E-state index contributed by atoms with van der Waals surface area (Å²) in [4.78, 5) is 10.3. The van der Waals surface area contributed by atoms with Crippen molar-refractivity contribution in [3.05, 3.63) is 35.4 Å². The Labute approximate surface area is 96.7 Å². The molecule has 0 saturated heterocycles. The Bertz CT molecular complexity index is 259. The Morgan fingerprint density at radius 3 is 1.86 bits per heavy atom.